The lowest BCUT2D eigenvalue weighted by atomic mass is 10.1. The minimum absolute atomic E-state index is 0.282. The normalized spacial score (nSPS) is 10.8. The smallest absolute Gasteiger partial charge is 0.278 e. The summed E-state index contributed by atoms with van der Waals surface area (Å²) >= 11 is 0. The molecule has 0 saturated heterocycles. The summed E-state index contributed by atoms with van der Waals surface area (Å²) < 4.78 is 7.57. The van der Waals surface area contributed by atoms with Crippen molar-refractivity contribution in [3.63, 3.8) is 0 Å². The second-order valence-corrected chi connectivity index (χ2v) is 7.31. The van der Waals surface area contributed by atoms with Crippen LogP contribution >= 0.6 is 0 Å². The fourth-order valence-electron chi connectivity index (χ4n) is 3.27. The number of amides is 1. The Labute approximate surface area is 180 Å². The Balaban J connectivity index is 1.44. The number of rotatable bonds is 7. The second kappa shape index (κ2) is 8.83. The van der Waals surface area contributed by atoms with Gasteiger partial charge in [-0.3, -0.25) is 9.48 Å². The maximum absolute atomic E-state index is 12.8. The number of nitrogens with zero attached hydrogens (tertiary/aromatic N) is 5. The van der Waals surface area contributed by atoms with E-state index in [0.717, 1.165) is 16.8 Å². The van der Waals surface area contributed by atoms with Crippen LogP contribution in [0.1, 0.15) is 27.3 Å². The number of benzene rings is 2. The highest BCUT2D eigenvalue weighted by Gasteiger charge is 2.17. The highest BCUT2D eigenvalue weighted by molar-refractivity contribution is 6.03. The molecule has 0 aliphatic heterocycles. The molecule has 2 aromatic carbocycles. The molecule has 1 N–H and O–H groups in total. The molecule has 0 bridgehead atoms. The van der Waals surface area contributed by atoms with Gasteiger partial charge < -0.3 is 10.1 Å². The van der Waals surface area contributed by atoms with Gasteiger partial charge in [-0.25, -0.2) is 0 Å². The number of nitrogens with one attached hydrogen (secondary N) is 1. The first kappa shape index (κ1) is 20.3. The van der Waals surface area contributed by atoms with Crippen molar-refractivity contribution in [2.24, 2.45) is 0 Å². The third-order valence-electron chi connectivity index (χ3n) is 4.81. The van der Waals surface area contributed by atoms with E-state index in [9.17, 15) is 4.79 Å². The molecular weight excluding hydrogens is 392 g/mol. The standard InChI is InChI=1S/C23H24N6O2/c1-16-8-9-21(17(2)14-16)29-26-18(3)22(27-29)23(30)25-19-6-4-7-20(15-19)31-13-12-28-11-5-10-24-28/h4-11,14-15H,12-13H2,1-3H3,(H,25,30). The molecule has 0 saturated carbocycles. The average molecular weight is 416 g/mol. The van der Waals surface area contributed by atoms with E-state index in [1.54, 1.807) is 23.9 Å². The lowest BCUT2D eigenvalue weighted by molar-refractivity contribution is 0.102. The van der Waals surface area contributed by atoms with Crippen LogP contribution in [0.25, 0.3) is 5.69 Å². The molecule has 0 spiro atoms. The number of hydrogen-bond acceptors (Lipinski definition) is 5. The van der Waals surface area contributed by atoms with Crippen molar-refractivity contribution in [1.82, 2.24) is 24.8 Å². The van der Waals surface area contributed by atoms with Crippen LogP contribution in [0.5, 0.6) is 5.75 Å². The number of aryl methyl sites for hydroxylation is 3. The Morgan fingerprint density at radius 1 is 1.06 bits per heavy atom. The molecule has 2 heterocycles. The van der Waals surface area contributed by atoms with E-state index in [1.807, 2.05) is 56.4 Å². The van der Waals surface area contributed by atoms with Crippen molar-refractivity contribution in [2.75, 3.05) is 11.9 Å². The molecule has 0 fully saturated rings. The third-order valence-corrected chi connectivity index (χ3v) is 4.81. The third kappa shape index (κ3) is 4.80. The van der Waals surface area contributed by atoms with Crippen LogP contribution in [0.2, 0.25) is 0 Å². The first-order valence-electron chi connectivity index (χ1n) is 10.0. The van der Waals surface area contributed by atoms with E-state index in [-0.39, 0.29) is 11.6 Å². The monoisotopic (exact) mass is 416 g/mol. The van der Waals surface area contributed by atoms with Gasteiger partial charge in [-0.1, -0.05) is 23.8 Å². The maximum atomic E-state index is 12.8. The molecule has 31 heavy (non-hydrogen) atoms. The van der Waals surface area contributed by atoms with Crippen LogP contribution in [0.4, 0.5) is 5.69 Å². The SMILES string of the molecule is Cc1ccc(-n2nc(C)c(C(=O)Nc3cccc(OCCn4cccn4)c3)n2)c(C)c1. The molecule has 0 unspecified atom stereocenters. The lowest BCUT2D eigenvalue weighted by Crippen LogP contribution is -2.14. The summed E-state index contributed by atoms with van der Waals surface area (Å²) in [5.74, 6) is 0.350. The number of carbonyl (C=O) groups is 1. The van der Waals surface area contributed by atoms with Gasteiger partial charge in [-0.15, -0.1) is 5.10 Å². The molecule has 2 aromatic heterocycles. The van der Waals surface area contributed by atoms with Crippen LogP contribution in [-0.2, 0) is 6.54 Å². The zero-order chi connectivity index (χ0) is 21.8. The number of hydrogen-bond donors (Lipinski definition) is 1. The topological polar surface area (TPSA) is 86.9 Å². The number of aromatic nitrogens is 5. The summed E-state index contributed by atoms with van der Waals surface area (Å²) in [4.78, 5) is 14.3. The molecule has 0 atom stereocenters. The van der Waals surface area contributed by atoms with Crippen molar-refractivity contribution in [3.8, 4) is 11.4 Å². The van der Waals surface area contributed by atoms with Crippen LogP contribution in [0.3, 0.4) is 0 Å². The highest BCUT2D eigenvalue weighted by atomic mass is 16.5. The van der Waals surface area contributed by atoms with Gasteiger partial charge >= 0.3 is 0 Å². The van der Waals surface area contributed by atoms with Crippen molar-refractivity contribution >= 4 is 11.6 Å². The largest absolute Gasteiger partial charge is 0.492 e. The molecule has 158 valence electrons. The fourth-order valence-corrected chi connectivity index (χ4v) is 3.27. The zero-order valence-electron chi connectivity index (χ0n) is 17.7. The van der Waals surface area contributed by atoms with Gasteiger partial charge in [0, 0.05) is 24.1 Å². The summed E-state index contributed by atoms with van der Waals surface area (Å²) in [5.41, 5.74) is 4.52. The molecule has 0 aliphatic carbocycles. The number of anilines is 1. The van der Waals surface area contributed by atoms with Gasteiger partial charge in [0.2, 0.25) is 0 Å². The Morgan fingerprint density at radius 3 is 2.71 bits per heavy atom. The highest BCUT2D eigenvalue weighted by Crippen LogP contribution is 2.19. The predicted molar refractivity (Wildman–Crippen MR) is 118 cm³/mol. The first-order chi connectivity index (χ1) is 15.0. The van der Waals surface area contributed by atoms with Gasteiger partial charge in [0.15, 0.2) is 5.69 Å². The van der Waals surface area contributed by atoms with Gasteiger partial charge in [-0.05, 0) is 50.6 Å². The summed E-state index contributed by atoms with van der Waals surface area (Å²) in [7, 11) is 0. The zero-order valence-corrected chi connectivity index (χ0v) is 17.7. The van der Waals surface area contributed by atoms with E-state index in [2.05, 4.69) is 26.7 Å². The summed E-state index contributed by atoms with van der Waals surface area (Å²) in [5, 5.41) is 15.9. The summed E-state index contributed by atoms with van der Waals surface area (Å²) in [6, 6.07) is 15.2. The van der Waals surface area contributed by atoms with Crippen molar-refractivity contribution in [1.29, 1.82) is 0 Å². The van der Waals surface area contributed by atoms with Crippen LogP contribution in [-0.4, -0.2) is 37.3 Å². The van der Waals surface area contributed by atoms with E-state index >= 15 is 0 Å². The molecule has 4 rings (SSSR count). The van der Waals surface area contributed by atoms with E-state index in [1.165, 1.54) is 4.80 Å². The van der Waals surface area contributed by atoms with Gasteiger partial charge in [0.1, 0.15) is 12.4 Å². The quantitative estimate of drug-likeness (QED) is 0.496. The van der Waals surface area contributed by atoms with Crippen LogP contribution in [0.15, 0.2) is 60.9 Å². The van der Waals surface area contributed by atoms with Crippen LogP contribution in [0, 0.1) is 20.8 Å². The number of ether oxygens (including phenoxy) is 1. The van der Waals surface area contributed by atoms with E-state index in [0.29, 0.717) is 30.3 Å². The molecule has 0 radical (unpaired) electrons. The Hall–Kier alpha value is -3.94. The predicted octanol–water partition coefficient (Wildman–Crippen LogP) is 3.72. The van der Waals surface area contributed by atoms with Gasteiger partial charge in [0.25, 0.3) is 5.91 Å². The van der Waals surface area contributed by atoms with Gasteiger partial charge in [-0.2, -0.15) is 15.0 Å². The summed E-state index contributed by atoms with van der Waals surface area (Å²) in [6.45, 7) is 6.93. The molecule has 1 amide bonds. The minimum Gasteiger partial charge on any atom is -0.492 e. The van der Waals surface area contributed by atoms with Crippen molar-refractivity contribution in [3.05, 3.63) is 83.4 Å². The molecule has 8 nitrogen and oxygen atoms in total. The number of carbonyl (C=O) groups excluding carboxylic acids is 1. The lowest BCUT2D eigenvalue weighted by Gasteiger charge is -2.09. The maximum Gasteiger partial charge on any atom is 0.278 e. The van der Waals surface area contributed by atoms with Crippen LogP contribution < -0.4 is 10.1 Å². The fraction of sp³-hybridized carbons (Fsp3) is 0.217. The van der Waals surface area contributed by atoms with Crippen molar-refractivity contribution < 1.29 is 9.53 Å². The average Bonchev–Trinajstić information content (AvgIpc) is 3.38. The Morgan fingerprint density at radius 2 is 1.94 bits per heavy atom. The second-order valence-electron chi connectivity index (χ2n) is 7.31. The minimum atomic E-state index is -0.317. The summed E-state index contributed by atoms with van der Waals surface area (Å²) in [6.07, 6.45) is 3.61. The molecule has 4 aromatic rings. The Bertz CT molecular complexity index is 1200. The van der Waals surface area contributed by atoms with E-state index < -0.39 is 0 Å². The molecule has 8 heteroatoms. The first-order valence-corrected chi connectivity index (χ1v) is 10.0. The van der Waals surface area contributed by atoms with Crippen molar-refractivity contribution in [2.45, 2.75) is 27.3 Å². The molecular formula is C23H24N6O2. The van der Waals surface area contributed by atoms with E-state index in [4.69, 9.17) is 4.74 Å². The van der Waals surface area contributed by atoms with Gasteiger partial charge in [0.05, 0.1) is 17.9 Å². The molecule has 0 aliphatic rings. The Kier molecular flexibility index (Phi) is 5.79.